The summed E-state index contributed by atoms with van der Waals surface area (Å²) in [5, 5.41) is 2.72. The third-order valence-electron chi connectivity index (χ3n) is 1.43. The smallest absolute Gasteiger partial charge is 0.225 e. The van der Waals surface area contributed by atoms with Gasteiger partial charge in [0.1, 0.15) is 0 Å². The van der Waals surface area contributed by atoms with Gasteiger partial charge in [0.05, 0.1) is 0 Å². The van der Waals surface area contributed by atoms with Gasteiger partial charge in [0.2, 0.25) is 5.91 Å². The summed E-state index contributed by atoms with van der Waals surface area (Å²) in [5.41, 5.74) is 6.04. The molecule has 0 radical (unpaired) electrons. The molecule has 0 fully saturated rings. The van der Waals surface area contributed by atoms with Gasteiger partial charge in [-0.3, -0.25) is 4.79 Å². The first kappa shape index (κ1) is 11.9. The van der Waals surface area contributed by atoms with E-state index in [1.54, 1.807) is 0 Å². The topological polar surface area (TPSA) is 55.1 Å². The van der Waals surface area contributed by atoms with Crippen LogP contribution in [0.1, 0.15) is 6.42 Å². The molecule has 0 unspecified atom stereocenters. The maximum absolute atomic E-state index is 11.0. The van der Waals surface area contributed by atoms with E-state index in [0.717, 1.165) is 5.69 Å². The molecular formula is C9H13ClN2O. The molecule has 13 heavy (non-hydrogen) atoms. The monoisotopic (exact) mass is 200 g/mol. The van der Waals surface area contributed by atoms with Crippen molar-refractivity contribution in [3.63, 3.8) is 0 Å². The minimum absolute atomic E-state index is 0. The molecule has 0 bridgehead atoms. The number of nitrogens with one attached hydrogen (secondary N) is 1. The zero-order chi connectivity index (χ0) is 8.81. The minimum atomic E-state index is -0.0382. The van der Waals surface area contributed by atoms with Crippen LogP contribution >= 0.6 is 12.4 Å². The summed E-state index contributed by atoms with van der Waals surface area (Å²) >= 11 is 0. The number of carbonyl (C=O) groups excluding carboxylic acids is 1. The van der Waals surface area contributed by atoms with Crippen LogP contribution in [0, 0.1) is 0 Å². The summed E-state index contributed by atoms with van der Waals surface area (Å²) in [6.45, 7) is 0.388. The molecule has 0 aliphatic rings. The molecule has 0 spiro atoms. The summed E-state index contributed by atoms with van der Waals surface area (Å²) in [5.74, 6) is -0.0382. The molecule has 0 aliphatic heterocycles. The van der Waals surface area contributed by atoms with Gasteiger partial charge in [-0.05, 0) is 12.1 Å². The summed E-state index contributed by atoms with van der Waals surface area (Å²) in [4.78, 5) is 11.0. The number of halogens is 1. The van der Waals surface area contributed by atoms with E-state index >= 15 is 0 Å². The fourth-order valence-corrected chi connectivity index (χ4v) is 0.876. The third kappa shape index (κ3) is 4.50. The van der Waals surface area contributed by atoms with Crippen LogP contribution in [0.25, 0.3) is 0 Å². The van der Waals surface area contributed by atoms with E-state index in [1.165, 1.54) is 0 Å². The zero-order valence-electron chi connectivity index (χ0n) is 7.19. The number of nitrogens with two attached hydrogens (primary N) is 1. The average Bonchev–Trinajstić information content (AvgIpc) is 2.06. The van der Waals surface area contributed by atoms with Crippen LogP contribution in [-0.4, -0.2) is 12.5 Å². The van der Waals surface area contributed by atoms with Crippen LogP contribution in [0.5, 0.6) is 0 Å². The van der Waals surface area contributed by atoms with Gasteiger partial charge in [-0.2, -0.15) is 0 Å². The van der Waals surface area contributed by atoms with Crippen molar-refractivity contribution in [3.05, 3.63) is 30.3 Å². The molecule has 72 valence electrons. The van der Waals surface area contributed by atoms with E-state index in [1.807, 2.05) is 30.3 Å². The number of carbonyl (C=O) groups is 1. The van der Waals surface area contributed by atoms with Crippen molar-refractivity contribution in [2.75, 3.05) is 11.9 Å². The van der Waals surface area contributed by atoms with Crippen LogP contribution in [0.15, 0.2) is 30.3 Å². The minimum Gasteiger partial charge on any atom is -0.330 e. The van der Waals surface area contributed by atoms with Gasteiger partial charge in [-0.15, -0.1) is 12.4 Å². The van der Waals surface area contributed by atoms with Gasteiger partial charge >= 0.3 is 0 Å². The van der Waals surface area contributed by atoms with E-state index in [9.17, 15) is 4.79 Å². The number of hydrogen-bond donors (Lipinski definition) is 2. The Balaban J connectivity index is 0.00000144. The van der Waals surface area contributed by atoms with Crippen molar-refractivity contribution in [3.8, 4) is 0 Å². The van der Waals surface area contributed by atoms with Crippen LogP contribution in [0.2, 0.25) is 0 Å². The van der Waals surface area contributed by atoms with Crippen LogP contribution in [0.3, 0.4) is 0 Å². The van der Waals surface area contributed by atoms with E-state index in [2.05, 4.69) is 5.32 Å². The summed E-state index contributed by atoms with van der Waals surface area (Å²) in [7, 11) is 0. The molecule has 0 atom stereocenters. The molecule has 1 rings (SSSR count). The molecule has 4 heteroatoms. The number of rotatable bonds is 3. The highest BCUT2D eigenvalue weighted by Crippen LogP contribution is 2.04. The molecule has 0 saturated carbocycles. The predicted octanol–water partition coefficient (Wildman–Crippen LogP) is 1.40. The Morgan fingerprint density at radius 3 is 2.46 bits per heavy atom. The summed E-state index contributed by atoms with van der Waals surface area (Å²) in [6, 6.07) is 9.33. The zero-order valence-corrected chi connectivity index (χ0v) is 8.01. The van der Waals surface area contributed by atoms with E-state index in [4.69, 9.17) is 5.73 Å². The Labute approximate surface area is 83.7 Å². The lowest BCUT2D eigenvalue weighted by Gasteiger charge is -2.02. The summed E-state index contributed by atoms with van der Waals surface area (Å²) < 4.78 is 0. The molecule has 0 aliphatic carbocycles. The Hall–Kier alpha value is -1.06. The molecule has 3 N–H and O–H groups in total. The molecule has 0 aromatic heterocycles. The number of benzene rings is 1. The number of amides is 1. The Kier molecular flexibility index (Phi) is 5.93. The highest BCUT2D eigenvalue weighted by Gasteiger charge is 1.98. The van der Waals surface area contributed by atoms with Crippen molar-refractivity contribution in [1.29, 1.82) is 0 Å². The van der Waals surface area contributed by atoms with Gasteiger partial charge in [0, 0.05) is 18.7 Å². The third-order valence-corrected chi connectivity index (χ3v) is 1.43. The largest absolute Gasteiger partial charge is 0.330 e. The van der Waals surface area contributed by atoms with Crippen molar-refractivity contribution < 1.29 is 4.79 Å². The van der Waals surface area contributed by atoms with E-state index < -0.39 is 0 Å². The quantitative estimate of drug-likeness (QED) is 0.775. The first-order valence-corrected chi connectivity index (χ1v) is 3.88. The first-order chi connectivity index (χ1) is 5.83. The van der Waals surface area contributed by atoms with Gasteiger partial charge in [-0.25, -0.2) is 0 Å². The number of hydrogen-bond acceptors (Lipinski definition) is 2. The van der Waals surface area contributed by atoms with Crippen molar-refractivity contribution in [1.82, 2.24) is 0 Å². The Morgan fingerprint density at radius 1 is 1.31 bits per heavy atom. The second kappa shape index (κ2) is 6.46. The van der Waals surface area contributed by atoms with Crippen molar-refractivity contribution in [2.45, 2.75) is 6.42 Å². The highest BCUT2D eigenvalue weighted by molar-refractivity contribution is 5.90. The lowest BCUT2D eigenvalue weighted by atomic mass is 10.3. The van der Waals surface area contributed by atoms with Crippen LogP contribution in [-0.2, 0) is 4.79 Å². The maximum Gasteiger partial charge on any atom is 0.225 e. The summed E-state index contributed by atoms with van der Waals surface area (Å²) in [6.07, 6.45) is 0.370. The SMILES string of the molecule is Cl.NCCC(=O)Nc1ccccc1. The fourth-order valence-electron chi connectivity index (χ4n) is 0.876. The molecule has 0 saturated heterocycles. The fraction of sp³-hybridized carbons (Fsp3) is 0.222. The van der Waals surface area contributed by atoms with Crippen molar-refractivity contribution >= 4 is 24.0 Å². The normalized spacial score (nSPS) is 8.69. The second-order valence-electron chi connectivity index (χ2n) is 2.45. The lowest BCUT2D eigenvalue weighted by Crippen LogP contribution is -2.15. The Morgan fingerprint density at radius 2 is 1.92 bits per heavy atom. The highest BCUT2D eigenvalue weighted by atomic mass is 35.5. The van der Waals surface area contributed by atoms with Gasteiger partial charge < -0.3 is 11.1 Å². The molecule has 1 amide bonds. The van der Waals surface area contributed by atoms with Gasteiger partial charge in [0.25, 0.3) is 0 Å². The predicted molar refractivity (Wildman–Crippen MR) is 56.0 cm³/mol. The van der Waals surface area contributed by atoms with Crippen LogP contribution in [0.4, 0.5) is 5.69 Å². The maximum atomic E-state index is 11.0. The average molecular weight is 201 g/mol. The van der Waals surface area contributed by atoms with E-state index in [0.29, 0.717) is 13.0 Å². The lowest BCUT2D eigenvalue weighted by molar-refractivity contribution is -0.116. The van der Waals surface area contributed by atoms with Gasteiger partial charge in [0.15, 0.2) is 0 Å². The van der Waals surface area contributed by atoms with E-state index in [-0.39, 0.29) is 18.3 Å². The number of para-hydroxylation sites is 1. The second-order valence-corrected chi connectivity index (χ2v) is 2.45. The number of anilines is 1. The molecule has 0 heterocycles. The van der Waals surface area contributed by atoms with Crippen LogP contribution < -0.4 is 11.1 Å². The Bertz CT molecular complexity index is 251. The standard InChI is InChI=1S/C9H12N2O.ClH/c10-7-6-9(12)11-8-4-2-1-3-5-8;/h1-5H,6-7,10H2,(H,11,12);1H. The molecule has 1 aromatic carbocycles. The van der Waals surface area contributed by atoms with Crippen molar-refractivity contribution in [2.24, 2.45) is 5.73 Å². The molecule has 3 nitrogen and oxygen atoms in total. The molecule has 1 aromatic rings. The van der Waals surface area contributed by atoms with Gasteiger partial charge in [-0.1, -0.05) is 18.2 Å². The molecular weight excluding hydrogens is 188 g/mol. The first-order valence-electron chi connectivity index (χ1n) is 3.88.